The zero-order chi connectivity index (χ0) is 23.5. The quantitative estimate of drug-likeness (QED) is 0.355. The lowest BCUT2D eigenvalue weighted by atomic mass is 10.0. The minimum atomic E-state index is -0.299. The molecule has 0 radical (unpaired) electrons. The number of rotatable bonds is 8. The molecule has 1 atom stereocenters. The highest BCUT2D eigenvalue weighted by molar-refractivity contribution is 8.00. The Bertz CT molecular complexity index is 1160. The van der Waals surface area contributed by atoms with Gasteiger partial charge in [-0.3, -0.25) is 9.69 Å². The van der Waals surface area contributed by atoms with Gasteiger partial charge >= 0.3 is 0 Å². The molecule has 8 heteroatoms. The van der Waals surface area contributed by atoms with E-state index in [1.54, 1.807) is 12.1 Å². The van der Waals surface area contributed by atoms with Gasteiger partial charge in [0, 0.05) is 37.3 Å². The van der Waals surface area contributed by atoms with E-state index in [9.17, 15) is 9.18 Å². The normalized spacial score (nSPS) is 17.0. The molecule has 6 nitrogen and oxygen atoms in total. The van der Waals surface area contributed by atoms with Gasteiger partial charge < -0.3 is 9.30 Å². The largest absolute Gasteiger partial charge is 0.379 e. The van der Waals surface area contributed by atoms with E-state index in [1.807, 2.05) is 13.0 Å². The van der Waals surface area contributed by atoms with Gasteiger partial charge in [-0.15, -0.1) is 10.2 Å². The molecule has 0 spiro atoms. The predicted octanol–water partition coefficient (Wildman–Crippen LogP) is 4.27. The maximum Gasteiger partial charge on any atom is 0.192 e. The minimum absolute atomic E-state index is 0.103. The van der Waals surface area contributed by atoms with Crippen molar-refractivity contribution in [2.24, 2.45) is 0 Å². The van der Waals surface area contributed by atoms with Gasteiger partial charge in [0.25, 0.3) is 0 Å². The highest BCUT2D eigenvalue weighted by Crippen LogP contribution is 2.30. The number of Topliss-reactive ketones (excluding diaryl/α,β-unsaturated/α-hetero) is 1. The van der Waals surface area contributed by atoms with E-state index >= 15 is 0 Å². The summed E-state index contributed by atoms with van der Waals surface area (Å²) in [4.78, 5) is 15.6. The van der Waals surface area contributed by atoms with Crippen LogP contribution in [0.25, 0.3) is 11.4 Å². The summed E-state index contributed by atoms with van der Waals surface area (Å²) >= 11 is 1.43. The fraction of sp³-hybridized carbons (Fsp3) is 0.423. The third kappa shape index (κ3) is 5.09. The van der Waals surface area contributed by atoms with Crippen LogP contribution in [-0.2, 0) is 24.1 Å². The van der Waals surface area contributed by atoms with Crippen LogP contribution in [0.1, 0.15) is 34.8 Å². The maximum absolute atomic E-state index is 13.5. The molecule has 0 bridgehead atoms. The van der Waals surface area contributed by atoms with Crippen LogP contribution in [0.15, 0.2) is 47.6 Å². The zero-order valence-corrected chi connectivity index (χ0v) is 20.2. The summed E-state index contributed by atoms with van der Waals surface area (Å²) in [6.45, 7) is 6.70. The lowest BCUT2D eigenvalue weighted by molar-refractivity contribution is 0.0361. The number of hydrogen-bond acceptors (Lipinski definition) is 6. The molecule has 1 fully saturated rings. The van der Waals surface area contributed by atoms with Gasteiger partial charge in [-0.1, -0.05) is 23.9 Å². The molecule has 2 aliphatic rings. The summed E-state index contributed by atoms with van der Waals surface area (Å²) in [5.41, 5.74) is 4.23. The first-order chi connectivity index (χ1) is 16.6. The summed E-state index contributed by atoms with van der Waals surface area (Å²) in [6, 6.07) is 12.4. The lowest BCUT2D eigenvalue weighted by Gasteiger charge is -2.27. The van der Waals surface area contributed by atoms with Crippen molar-refractivity contribution >= 4 is 17.5 Å². The average molecular weight is 481 g/mol. The van der Waals surface area contributed by atoms with E-state index in [0.29, 0.717) is 17.5 Å². The molecule has 2 aromatic carbocycles. The van der Waals surface area contributed by atoms with Crippen LogP contribution in [0.2, 0.25) is 0 Å². The fourth-order valence-corrected chi connectivity index (χ4v) is 5.58. The monoisotopic (exact) mass is 480 g/mol. The fourth-order valence-electron chi connectivity index (χ4n) is 4.63. The highest BCUT2D eigenvalue weighted by Gasteiger charge is 2.24. The van der Waals surface area contributed by atoms with Crippen molar-refractivity contribution in [2.75, 3.05) is 32.8 Å². The Balaban J connectivity index is 1.37. The first-order valence-corrected chi connectivity index (χ1v) is 12.8. The first kappa shape index (κ1) is 23.2. The number of ketones is 1. The van der Waals surface area contributed by atoms with Crippen LogP contribution in [0.3, 0.4) is 0 Å². The van der Waals surface area contributed by atoms with E-state index in [-0.39, 0.29) is 16.9 Å². The molecule has 1 aliphatic carbocycles. The Morgan fingerprint density at radius 1 is 1.06 bits per heavy atom. The number of thioether (sulfide) groups is 1. The number of carbonyl (C=O) groups excluding carboxylic acids is 1. The number of nitrogens with zero attached hydrogens (tertiary/aromatic N) is 4. The Kier molecular flexibility index (Phi) is 7.08. The number of benzene rings is 2. The van der Waals surface area contributed by atoms with Gasteiger partial charge in [0.1, 0.15) is 5.82 Å². The van der Waals surface area contributed by atoms with Crippen molar-refractivity contribution in [2.45, 2.75) is 43.1 Å². The number of aryl methyl sites for hydroxylation is 2. The van der Waals surface area contributed by atoms with Gasteiger partial charge in [-0.2, -0.15) is 0 Å². The minimum Gasteiger partial charge on any atom is -0.379 e. The molecule has 34 heavy (non-hydrogen) atoms. The second-order valence-corrected chi connectivity index (χ2v) is 10.2. The number of halogens is 1. The number of carbonyl (C=O) groups is 1. The maximum atomic E-state index is 13.5. The van der Waals surface area contributed by atoms with Crippen molar-refractivity contribution in [1.82, 2.24) is 19.7 Å². The number of hydrogen-bond donors (Lipinski definition) is 0. The Morgan fingerprint density at radius 3 is 2.62 bits per heavy atom. The Morgan fingerprint density at radius 2 is 1.82 bits per heavy atom. The van der Waals surface area contributed by atoms with Crippen LogP contribution in [0.4, 0.5) is 4.39 Å². The average Bonchev–Trinajstić information content (AvgIpc) is 3.50. The molecule has 1 aromatic heterocycles. The molecule has 5 rings (SSSR count). The van der Waals surface area contributed by atoms with E-state index < -0.39 is 0 Å². The third-order valence-electron chi connectivity index (χ3n) is 6.60. The van der Waals surface area contributed by atoms with E-state index in [1.165, 1.54) is 35.0 Å². The molecular weight excluding hydrogens is 451 g/mol. The molecule has 1 unspecified atom stereocenters. The van der Waals surface area contributed by atoms with Crippen LogP contribution in [0.5, 0.6) is 0 Å². The molecule has 2 heterocycles. The zero-order valence-electron chi connectivity index (χ0n) is 19.4. The third-order valence-corrected chi connectivity index (χ3v) is 7.68. The van der Waals surface area contributed by atoms with Crippen molar-refractivity contribution < 1.29 is 13.9 Å². The van der Waals surface area contributed by atoms with Crippen LogP contribution < -0.4 is 0 Å². The number of ether oxygens (including phenoxy) is 1. The first-order valence-electron chi connectivity index (χ1n) is 11.9. The van der Waals surface area contributed by atoms with E-state index in [0.717, 1.165) is 63.2 Å². The van der Waals surface area contributed by atoms with Crippen molar-refractivity contribution in [3.8, 4) is 11.4 Å². The van der Waals surface area contributed by atoms with Crippen molar-refractivity contribution in [1.29, 1.82) is 0 Å². The molecule has 178 valence electrons. The van der Waals surface area contributed by atoms with Crippen LogP contribution >= 0.6 is 11.8 Å². The molecule has 0 saturated carbocycles. The molecule has 3 aromatic rings. The topological polar surface area (TPSA) is 60.3 Å². The molecular formula is C26H29FN4O2S. The molecule has 0 N–H and O–H groups in total. The van der Waals surface area contributed by atoms with Crippen LogP contribution in [0, 0.1) is 5.82 Å². The molecule has 1 aliphatic heterocycles. The number of fused-ring (bicyclic) bond motifs is 1. The predicted molar refractivity (Wildman–Crippen MR) is 131 cm³/mol. The van der Waals surface area contributed by atoms with E-state index in [2.05, 4.69) is 31.8 Å². The summed E-state index contributed by atoms with van der Waals surface area (Å²) in [5.74, 6) is 0.505. The lowest BCUT2D eigenvalue weighted by Crippen LogP contribution is -2.38. The Labute approximate surface area is 203 Å². The van der Waals surface area contributed by atoms with Gasteiger partial charge in [-0.25, -0.2) is 4.39 Å². The van der Waals surface area contributed by atoms with Crippen molar-refractivity contribution in [3.63, 3.8) is 0 Å². The highest BCUT2D eigenvalue weighted by atomic mass is 32.2. The second kappa shape index (κ2) is 10.4. The van der Waals surface area contributed by atoms with Crippen LogP contribution in [-0.4, -0.2) is 63.5 Å². The smallest absolute Gasteiger partial charge is 0.192 e. The SMILES string of the molecule is CC(Sc1nnc(-c2ccc(F)cc2)n1CCN1CCOCC1)C(=O)c1ccc2c(c1)CCC2. The van der Waals surface area contributed by atoms with Gasteiger partial charge in [0.2, 0.25) is 0 Å². The number of aromatic nitrogens is 3. The van der Waals surface area contributed by atoms with Crippen molar-refractivity contribution in [3.05, 3.63) is 65.0 Å². The standard InChI is InChI=1S/C26H29FN4O2S/c1-18(24(32)22-6-5-19-3-2-4-21(19)17-22)34-26-29-28-25(20-7-9-23(27)10-8-20)31(26)12-11-30-13-15-33-16-14-30/h5-10,17-18H,2-4,11-16H2,1H3. The molecule has 0 amide bonds. The van der Waals surface area contributed by atoms with E-state index in [4.69, 9.17) is 4.74 Å². The Hall–Kier alpha value is -2.55. The van der Waals surface area contributed by atoms with Gasteiger partial charge in [0.05, 0.1) is 18.5 Å². The number of morpholine rings is 1. The van der Waals surface area contributed by atoms with Gasteiger partial charge in [-0.05, 0) is 67.6 Å². The molecule has 1 saturated heterocycles. The summed E-state index contributed by atoms with van der Waals surface area (Å²) < 4.78 is 21.0. The summed E-state index contributed by atoms with van der Waals surface area (Å²) in [6.07, 6.45) is 3.32. The van der Waals surface area contributed by atoms with Gasteiger partial charge in [0.15, 0.2) is 16.8 Å². The summed E-state index contributed by atoms with van der Waals surface area (Å²) in [7, 11) is 0. The summed E-state index contributed by atoms with van der Waals surface area (Å²) in [5, 5.41) is 9.27. The second-order valence-electron chi connectivity index (χ2n) is 8.88.